The molecule has 1 aromatic carbocycles. The summed E-state index contributed by atoms with van der Waals surface area (Å²) in [5, 5.41) is 9.56. The van der Waals surface area contributed by atoms with Crippen LogP contribution in [0.15, 0.2) is 30.3 Å². The fourth-order valence-corrected chi connectivity index (χ4v) is 1.50. The molecule has 0 saturated carbocycles. The van der Waals surface area contributed by atoms with Crippen LogP contribution >= 0.6 is 0 Å². The van der Waals surface area contributed by atoms with Crippen LogP contribution in [0.4, 0.5) is 0 Å². The van der Waals surface area contributed by atoms with Crippen molar-refractivity contribution in [1.82, 2.24) is 0 Å². The molecule has 0 aliphatic heterocycles. The second kappa shape index (κ2) is 6.15. The maximum Gasteiger partial charge on any atom is 0.334 e. The third-order valence-corrected chi connectivity index (χ3v) is 2.58. The zero-order valence-corrected chi connectivity index (χ0v) is 9.92. The molecule has 0 aromatic heterocycles. The van der Waals surface area contributed by atoms with Gasteiger partial charge in [0.25, 0.3) is 0 Å². The Morgan fingerprint density at radius 3 is 2.41 bits per heavy atom. The SMILES string of the molecule is COC(=O)[C@H](O)[C@H](C)CC(=O)c1ccccc1. The van der Waals surface area contributed by atoms with Crippen molar-refractivity contribution in [3.05, 3.63) is 35.9 Å². The average Bonchev–Trinajstić information content (AvgIpc) is 2.37. The van der Waals surface area contributed by atoms with E-state index in [1.807, 2.05) is 6.07 Å². The van der Waals surface area contributed by atoms with E-state index >= 15 is 0 Å². The number of hydrogen-bond donors (Lipinski definition) is 1. The third-order valence-electron chi connectivity index (χ3n) is 2.58. The quantitative estimate of drug-likeness (QED) is 0.620. The molecule has 17 heavy (non-hydrogen) atoms. The highest BCUT2D eigenvalue weighted by atomic mass is 16.5. The minimum Gasteiger partial charge on any atom is -0.467 e. The maximum atomic E-state index is 11.8. The molecule has 4 nitrogen and oxygen atoms in total. The first-order chi connectivity index (χ1) is 8.06. The first kappa shape index (κ1) is 13.4. The first-order valence-corrected chi connectivity index (χ1v) is 5.40. The molecule has 92 valence electrons. The van der Waals surface area contributed by atoms with E-state index in [4.69, 9.17) is 0 Å². The summed E-state index contributed by atoms with van der Waals surface area (Å²) in [6.07, 6.45) is -1.15. The molecule has 0 bridgehead atoms. The summed E-state index contributed by atoms with van der Waals surface area (Å²) in [5.74, 6) is -1.27. The Morgan fingerprint density at radius 1 is 1.29 bits per heavy atom. The van der Waals surface area contributed by atoms with Crippen LogP contribution in [0.25, 0.3) is 0 Å². The minimum atomic E-state index is -1.26. The fourth-order valence-electron chi connectivity index (χ4n) is 1.50. The van der Waals surface area contributed by atoms with Gasteiger partial charge in [0.1, 0.15) is 0 Å². The lowest BCUT2D eigenvalue weighted by molar-refractivity contribution is -0.152. The van der Waals surface area contributed by atoms with Gasteiger partial charge in [0, 0.05) is 17.9 Å². The third kappa shape index (κ3) is 3.67. The van der Waals surface area contributed by atoms with Crippen LogP contribution in [0, 0.1) is 5.92 Å². The van der Waals surface area contributed by atoms with Crippen LogP contribution < -0.4 is 0 Å². The van der Waals surface area contributed by atoms with Crippen molar-refractivity contribution in [2.75, 3.05) is 7.11 Å². The molecular formula is C13H16O4. The number of benzene rings is 1. The fraction of sp³-hybridized carbons (Fsp3) is 0.385. The van der Waals surface area contributed by atoms with Gasteiger partial charge in [0.05, 0.1) is 7.11 Å². The predicted molar refractivity (Wildman–Crippen MR) is 62.6 cm³/mol. The Labute approximate surface area is 100 Å². The number of carbonyl (C=O) groups excluding carboxylic acids is 2. The Bertz CT molecular complexity index is 386. The van der Waals surface area contributed by atoms with Crippen molar-refractivity contribution in [3.63, 3.8) is 0 Å². The van der Waals surface area contributed by atoms with Crippen LogP contribution in [0.5, 0.6) is 0 Å². The first-order valence-electron chi connectivity index (χ1n) is 5.40. The normalized spacial score (nSPS) is 13.8. The van der Waals surface area contributed by atoms with Crippen molar-refractivity contribution in [3.8, 4) is 0 Å². The van der Waals surface area contributed by atoms with Crippen LogP contribution in [0.2, 0.25) is 0 Å². The van der Waals surface area contributed by atoms with Gasteiger partial charge >= 0.3 is 5.97 Å². The molecule has 4 heteroatoms. The number of methoxy groups -OCH3 is 1. The van der Waals surface area contributed by atoms with E-state index in [0.717, 1.165) is 0 Å². The summed E-state index contributed by atoms with van der Waals surface area (Å²) in [7, 11) is 1.21. The Hall–Kier alpha value is -1.68. The number of esters is 1. The van der Waals surface area contributed by atoms with Crippen LogP contribution in [0.1, 0.15) is 23.7 Å². The Balaban J connectivity index is 2.60. The van der Waals surface area contributed by atoms with Crippen LogP contribution in [0.3, 0.4) is 0 Å². The standard InChI is InChI=1S/C13H16O4/c1-9(12(15)13(16)17-2)8-11(14)10-6-4-3-5-7-10/h3-7,9,12,15H,8H2,1-2H3/t9-,12-/m1/s1. The van der Waals surface area contributed by atoms with Gasteiger partial charge in [-0.1, -0.05) is 37.3 Å². The van der Waals surface area contributed by atoms with Gasteiger partial charge < -0.3 is 9.84 Å². The van der Waals surface area contributed by atoms with E-state index in [9.17, 15) is 14.7 Å². The smallest absolute Gasteiger partial charge is 0.334 e. The van der Waals surface area contributed by atoms with Gasteiger partial charge in [-0.25, -0.2) is 4.79 Å². The highest BCUT2D eigenvalue weighted by molar-refractivity contribution is 5.96. The molecule has 0 amide bonds. The van der Waals surface area contributed by atoms with Crippen molar-refractivity contribution >= 4 is 11.8 Å². The second-order valence-electron chi connectivity index (χ2n) is 3.94. The zero-order valence-electron chi connectivity index (χ0n) is 9.92. The van der Waals surface area contributed by atoms with Gasteiger partial charge in [-0.15, -0.1) is 0 Å². The van der Waals surface area contributed by atoms with Crippen LogP contribution in [-0.4, -0.2) is 30.1 Å². The molecule has 1 rings (SSSR count). The summed E-state index contributed by atoms with van der Waals surface area (Å²) in [6, 6.07) is 8.78. The lowest BCUT2D eigenvalue weighted by Gasteiger charge is -2.15. The largest absolute Gasteiger partial charge is 0.467 e. The summed E-state index contributed by atoms with van der Waals surface area (Å²) in [5.41, 5.74) is 0.580. The molecule has 0 heterocycles. The van der Waals surface area contributed by atoms with E-state index in [1.165, 1.54) is 7.11 Å². The van der Waals surface area contributed by atoms with E-state index in [1.54, 1.807) is 31.2 Å². The average molecular weight is 236 g/mol. The minimum absolute atomic E-state index is 0.0962. The van der Waals surface area contributed by atoms with E-state index in [2.05, 4.69) is 4.74 Å². The number of aliphatic hydroxyl groups excluding tert-OH is 1. The highest BCUT2D eigenvalue weighted by Gasteiger charge is 2.25. The molecule has 1 aromatic rings. The number of ketones is 1. The number of ether oxygens (including phenoxy) is 1. The van der Waals surface area contributed by atoms with Gasteiger partial charge in [-0.3, -0.25) is 4.79 Å². The molecule has 0 spiro atoms. The molecule has 1 N–H and O–H groups in total. The number of rotatable bonds is 5. The topological polar surface area (TPSA) is 63.6 Å². The van der Waals surface area contributed by atoms with E-state index in [-0.39, 0.29) is 12.2 Å². The van der Waals surface area contributed by atoms with Crippen molar-refractivity contribution in [2.45, 2.75) is 19.4 Å². The van der Waals surface area contributed by atoms with Gasteiger partial charge in [0.15, 0.2) is 11.9 Å². The lowest BCUT2D eigenvalue weighted by Crippen LogP contribution is -2.30. The molecular weight excluding hydrogens is 220 g/mol. The number of Topliss-reactive ketones (excluding diaryl/α,β-unsaturated/α-hetero) is 1. The molecule has 0 aliphatic rings. The van der Waals surface area contributed by atoms with Crippen molar-refractivity contribution in [1.29, 1.82) is 0 Å². The molecule has 0 unspecified atom stereocenters. The van der Waals surface area contributed by atoms with Gasteiger partial charge in [0.2, 0.25) is 0 Å². The Morgan fingerprint density at radius 2 is 1.88 bits per heavy atom. The summed E-state index contributed by atoms with van der Waals surface area (Å²) >= 11 is 0. The van der Waals surface area contributed by atoms with E-state index < -0.39 is 18.0 Å². The van der Waals surface area contributed by atoms with Gasteiger partial charge in [-0.2, -0.15) is 0 Å². The molecule has 0 fully saturated rings. The van der Waals surface area contributed by atoms with Crippen LogP contribution in [-0.2, 0) is 9.53 Å². The summed E-state index contributed by atoms with van der Waals surface area (Å²) < 4.78 is 4.42. The molecule has 0 aliphatic carbocycles. The molecule has 2 atom stereocenters. The monoisotopic (exact) mass is 236 g/mol. The van der Waals surface area contributed by atoms with Crippen molar-refractivity contribution in [2.24, 2.45) is 5.92 Å². The van der Waals surface area contributed by atoms with Crippen molar-refractivity contribution < 1.29 is 19.4 Å². The number of carbonyl (C=O) groups is 2. The Kier molecular flexibility index (Phi) is 4.84. The van der Waals surface area contributed by atoms with E-state index in [0.29, 0.717) is 5.56 Å². The second-order valence-corrected chi connectivity index (χ2v) is 3.94. The highest BCUT2D eigenvalue weighted by Crippen LogP contribution is 2.14. The molecule has 0 radical (unpaired) electrons. The summed E-state index contributed by atoms with van der Waals surface area (Å²) in [4.78, 5) is 22.9. The lowest BCUT2D eigenvalue weighted by atomic mass is 9.95. The maximum absolute atomic E-state index is 11.8. The molecule has 0 saturated heterocycles. The number of aliphatic hydroxyl groups is 1. The number of hydrogen-bond acceptors (Lipinski definition) is 4. The predicted octanol–water partition coefficient (Wildman–Crippen LogP) is 1.43. The summed E-state index contributed by atoms with van der Waals surface area (Å²) in [6.45, 7) is 1.64. The van der Waals surface area contributed by atoms with Gasteiger partial charge in [-0.05, 0) is 0 Å². The zero-order chi connectivity index (χ0) is 12.8.